The second-order valence-electron chi connectivity index (χ2n) is 4.03. The van der Waals surface area contributed by atoms with Crippen LogP contribution in [0.4, 0.5) is 10.1 Å². The minimum absolute atomic E-state index is 0.0523. The predicted octanol–water partition coefficient (Wildman–Crippen LogP) is 3.14. The summed E-state index contributed by atoms with van der Waals surface area (Å²) in [5, 5.41) is 0. The van der Waals surface area contributed by atoms with Gasteiger partial charge in [0.05, 0.1) is 16.3 Å². The molecule has 0 bridgehead atoms. The Bertz CT molecular complexity index is 699. The lowest BCUT2D eigenvalue weighted by atomic mass is 10.2. The zero-order valence-electron chi connectivity index (χ0n) is 9.81. The van der Waals surface area contributed by atoms with Crippen LogP contribution in [0.3, 0.4) is 0 Å². The highest BCUT2D eigenvalue weighted by atomic mass is 79.9. The number of rotatable bonds is 3. The van der Waals surface area contributed by atoms with Crippen LogP contribution < -0.4 is 5.73 Å². The van der Waals surface area contributed by atoms with Crippen molar-refractivity contribution in [2.24, 2.45) is 0 Å². The van der Waals surface area contributed by atoms with Crippen LogP contribution >= 0.6 is 15.9 Å². The van der Waals surface area contributed by atoms with Crippen molar-refractivity contribution in [2.75, 3.05) is 5.73 Å². The van der Waals surface area contributed by atoms with E-state index in [1.165, 1.54) is 30.3 Å². The van der Waals surface area contributed by atoms with E-state index in [9.17, 15) is 12.8 Å². The van der Waals surface area contributed by atoms with E-state index in [0.717, 1.165) is 4.47 Å². The molecule has 0 spiro atoms. The van der Waals surface area contributed by atoms with Crippen LogP contribution in [0.25, 0.3) is 0 Å². The normalized spacial score (nSPS) is 11.5. The summed E-state index contributed by atoms with van der Waals surface area (Å²) < 4.78 is 38.8. The van der Waals surface area contributed by atoms with Crippen LogP contribution in [-0.2, 0) is 15.6 Å². The highest BCUT2D eigenvalue weighted by Gasteiger charge is 2.18. The maximum atomic E-state index is 13.7. The van der Waals surface area contributed by atoms with Gasteiger partial charge >= 0.3 is 0 Å². The molecule has 0 heterocycles. The van der Waals surface area contributed by atoms with Gasteiger partial charge in [-0.3, -0.25) is 0 Å². The molecule has 0 fully saturated rings. The van der Waals surface area contributed by atoms with Crippen molar-refractivity contribution in [1.82, 2.24) is 0 Å². The SMILES string of the molecule is Nc1cccc(CS(=O)(=O)c2ccc(Br)cc2)c1F. The van der Waals surface area contributed by atoms with Crippen molar-refractivity contribution in [3.05, 3.63) is 58.3 Å². The molecule has 0 saturated carbocycles. The Morgan fingerprint density at radius 2 is 1.74 bits per heavy atom. The first-order valence-corrected chi connectivity index (χ1v) is 7.86. The summed E-state index contributed by atoms with van der Waals surface area (Å²) in [5.41, 5.74) is 5.44. The summed E-state index contributed by atoms with van der Waals surface area (Å²) in [6.45, 7) is 0. The van der Waals surface area contributed by atoms with Crippen molar-refractivity contribution in [1.29, 1.82) is 0 Å². The van der Waals surface area contributed by atoms with Crippen molar-refractivity contribution < 1.29 is 12.8 Å². The molecule has 6 heteroatoms. The Balaban J connectivity index is 2.36. The lowest BCUT2D eigenvalue weighted by Gasteiger charge is -2.07. The predicted molar refractivity (Wildman–Crippen MR) is 75.8 cm³/mol. The Morgan fingerprint density at radius 3 is 2.37 bits per heavy atom. The van der Waals surface area contributed by atoms with Gasteiger partial charge in [0, 0.05) is 10.0 Å². The van der Waals surface area contributed by atoms with E-state index in [2.05, 4.69) is 15.9 Å². The van der Waals surface area contributed by atoms with Crippen molar-refractivity contribution in [2.45, 2.75) is 10.6 Å². The molecule has 2 aromatic carbocycles. The average Bonchev–Trinajstić information content (AvgIpc) is 2.35. The number of nitrogen functional groups attached to an aromatic ring is 1. The number of hydrogen-bond acceptors (Lipinski definition) is 3. The lowest BCUT2D eigenvalue weighted by Crippen LogP contribution is -2.07. The number of anilines is 1. The molecule has 100 valence electrons. The van der Waals surface area contributed by atoms with E-state index >= 15 is 0 Å². The molecule has 0 aliphatic carbocycles. The molecule has 0 unspecified atom stereocenters. The molecule has 0 aromatic heterocycles. The third kappa shape index (κ3) is 3.13. The second-order valence-corrected chi connectivity index (χ2v) is 6.94. The molecule has 0 aliphatic rings. The number of hydrogen-bond donors (Lipinski definition) is 1. The zero-order valence-corrected chi connectivity index (χ0v) is 12.2. The summed E-state index contributed by atoms with van der Waals surface area (Å²) >= 11 is 3.23. The molecule has 3 nitrogen and oxygen atoms in total. The van der Waals surface area contributed by atoms with Gasteiger partial charge in [-0.2, -0.15) is 0 Å². The third-order valence-corrected chi connectivity index (χ3v) is 4.84. The molecule has 2 aromatic rings. The largest absolute Gasteiger partial charge is 0.396 e. The maximum absolute atomic E-state index is 13.7. The summed E-state index contributed by atoms with van der Waals surface area (Å²) in [4.78, 5) is 0.150. The van der Waals surface area contributed by atoms with E-state index in [-0.39, 0.29) is 16.1 Å². The fraction of sp³-hybridized carbons (Fsp3) is 0.0769. The summed E-state index contributed by atoms with van der Waals surface area (Å²) in [6, 6.07) is 10.6. The molecular formula is C13H11BrFNO2S. The first kappa shape index (κ1) is 14.0. The minimum atomic E-state index is -3.59. The Morgan fingerprint density at radius 1 is 1.11 bits per heavy atom. The van der Waals surface area contributed by atoms with E-state index < -0.39 is 21.4 Å². The van der Waals surface area contributed by atoms with E-state index in [4.69, 9.17) is 5.73 Å². The number of nitrogens with two attached hydrogens (primary N) is 1. The van der Waals surface area contributed by atoms with Crippen molar-refractivity contribution >= 4 is 31.5 Å². The average molecular weight is 344 g/mol. The van der Waals surface area contributed by atoms with Gasteiger partial charge in [0.1, 0.15) is 5.82 Å². The van der Waals surface area contributed by atoms with Gasteiger partial charge in [0.2, 0.25) is 0 Å². The van der Waals surface area contributed by atoms with Gasteiger partial charge in [-0.15, -0.1) is 0 Å². The standard InChI is InChI=1S/C13H11BrFNO2S/c14-10-4-6-11(7-5-10)19(17,18)8-9-2-1-3-12(16)13(9)15/h1-7H,8,16H2. The molecular weight excluding hydrogens is 333 g/mol. The molecule has 0 atom stereocenters. The van der Waals surface area contributed by atoms with Crippen LogP contribution in [0.2, 0.25) is 0 Å². The van der Waals surface area contributed by atoms with Crippen molar-refractivity contribution in [3.63, 3.8) is 0 Å². The Labute approximate surface area is 119 Å². The van der Waals surface area contributed by atoms with E-state index in [1.54, 1.807) is 12.1 Å². The maximum Gasteiger partial charge on any atom is 0.182 e. The molecule has 0 radical (unpaired) electrons. The quantitative estimate of drug-likeness (QED) is 0.871. The smallest absolute Gasteiger partial charge is 0.182 e. The van der Waals surface area contributed by atoms with Gasteiger partial charge in [0.15, 0.2) is 9.84 Å². The topological polar surface area (TPSA) is 60.2 Å². The Kier molecular flexibility index (Phi) is 3.91. The highest BCUT2D eigenvalue weighted by Crippen LogP contribution is 2.22. The molecule has 0 aliphatic heterocycles. The number of benzene rings is 2. The number of halogens is 2. The van der Waals surface area contributed by atoms with E-state index in [1.807, 2.05) is 0 Å². The summed E-state index contributed by atoms with van der Waals surface area (Å²) in [7, 11) is -3.59. The first-order chi connectivity index (χ1) is 8.90. The zero-order chi connectivity index (χ0) is 14.0. The molecule has 0 saturated heterocycles. The molecule has 0 amide bonds. The highest BCUT2D eigenvalue weighted by molar-refractivity contribution is 9.10. The number of sulfone groups is 1. The van der Waals surface area contributed by atoms with Gasteiger partial charge < -0.3 is 5.73 Å². The van der Waals surface area contributed by atoms with Gasteiger partial charge in [-0.1, -0.05) is 28.1 Å². The summed E-state index contributed by atoms with van der Waals surface area (Å²) in [5.74, 6) is -1.09. The van der Waals surface area contributed by atoms with Crippen LogP contribution in [-0.4, -0.2) is 8.42 Å². The van der Waals surface area contributed by atoms with E-state index in [0.29, 0.717) is 0 Å². The monoisotopic (exact) mass is 343 g/mol. The fourth-order valence-corrected chi connectivity index (χ4v) is 3.26. The molecule has 19 heavy (non-hydrogen) atoms. The van der Waals surface area contributed by atoms with Crippen LogP contribution in [0.1, 0.15) is 5.56 Å². The van der Waals surface area contributed by atoms with Crippen LogP contribution in [0.15, 0.2) is 51.8 Å². The van der Waals surface area contributed by atoms with Crippen LogP contribution in [0, 0.1) is 5.82 Å². The third-order valence-electron chi connectivity index (χ3n) is 2.63. The summed E-state index contributed by atoms with van der Waals surface area (Å²) in [6.07, 6.45) is 0. The minimum Gasteiger partial charge on any atom is -0.396 e. The first-order valence-electron chi connectivity index (χ1n) is 5.41. The molecule has 2 N–H and O–H groups in total. The van der Waals surface area contributed by atoms with Crippen LogP contribution in [0.5, 0.6) is 0 Å². The van der Waals surface area contributed by atoms with Gasteiger partial charge in [0.25, 0.3) is 0 Å². The fourth-order valence-electron chi connectivity index (χ4n) is 1.64. The Hall–Kier alpha value is -1.40. The molecule has 2 rings (SSSR count). The van der Waals surface area contributed by atoms with Gasteiger partial charge in [-0.05, 0) is 30.3 Å². The lowest BCUT2D eigenvalue weighted by molar-refractivity contribution is 0.588. The second kappa shape index (κ2) is 5.30. The van der Waals surface area contributed by atoms with Crippen molar-refractivity contribution in [3.8, 4) is 0 Å². The van der Waals surface area contributed by atoms with Gasteiger partial charge in [-0.25, -0.2) is 12.8 Å².